The standard InChI is InChI=1S/C22H24N2O6/c1-27-20(25)15-16-18(13-9-5-3-6-10-13)24-30-22(16)29-19(17(15)21(26)28-2)23-14-11-7-4-8-12-14/h3,5-6,9-10,14-15,23H,4,7-8,11-12H2,1-2H3. The lowest BCUT2D eigenvalue weighted by Gasteiger charge is -2.29. The highest BCUT2D eigenvalue weighted by atomic mass is 16.6. The van der Waals surface area contributed by atoms with E-state index in [-0.39, 0.29) is 23.4 Å². The summed E-state index contributed by atoms with van der Waals surface area (Å²) in [6.45, 7) is 0. The Hall–Kier alpha value is -3.29. The van der Waals surface area contributed by atoms with Crippen molar-refractivity contribution >= 4 is 11.9 Å². The molecule has 0 amide bonds. The lowest BCUT2D eigenvalue weighted by atomic mass is 9.87. The third-order valence-corrected chi connectivity index (χ3v) is 5.54. The molecule has 1 aromatic carbocycles. The summed E-state index contributed by atoms with van der Waals surface area (Å²) < 4.78 is 21.4. The molecular weight excluding hydrogens is 388 g/mol. The van der Waals surface area contributed by atoms with E-state index in [2.05, 4.69) is 10.5 Å². The quantitative estimate of drug-likeness (QED) is 0.747. The number of hydrogen-bond donors (Lipinski definition) is 1. The van der Waals surface area contributed by atoms with Crippen LogP contribution < -0.4 is 10.1 Å². The van der Waals surface area contributed by atoms with Crippen molar-refractivity contribution in [3.05, 3.63) is 47.4 Å². The molecule has 2 heterocycles. The first-order valence-corrected chi connectivity index (χ1v) is 10.0. The summed E-state index contributed by atoms with van der Waals surface area (Å²) >= 11 is 0. The Morgan fingerprint density at radius 2 is 1.80 bits per heavy atom. The molecular formula is C22H24N2O6. The first-order chi connectivity index (χ1) is 14.6. The van der Waals surface area contributed by atoms with Gasteiger partial charge in [-0.2, -0.15) is 0 Å². The van der Waals surface area contributed by atoms with Crippen LogP contribution in [-0.2, 0) is 19.1 Å². The minimum absolute atomic E-state index is 0.0582. The van der Waals surface area contributed by atoms with E-state index in [1.807, 2.05) is 30.3 Å². The molecule has 1 unspecified atom stereocenters. The molecule has 0 bridgehead atoms. The minimum atomic E-state index is -1.08. The van der Waals surface area contributed by atoms with E-state index in [1.54, 1.807) is 0 Å². The van der Waals surface area contributed by atoms with E-state index in [9.17, 15) is 9.59 Å². The van der Waals surface area contributed by atoms with E-state index >= 15 is 0 Å². The number of esters is 2. The van der Waals surface area contributed by atoms with Gasteiger partial charge in [0.1, 0.15) is 17.2 Å². The Balaban J connectivity index is 1.82. The number of nitrogens with zero attached hydrogens (tertiary/aromatic N) is 1. The lowest BCUT2D eigenvalue weighted by molar-refractivity contribution is -0.145. The van der Waals surface area contributed by atoms with E-state index in [0.29, 0.717) is 11.3 Å². The Kier molecular flexibility index (Phi) is 5.74. The molecule has 158 valence electrons. The molecule has 1 aliphatic heterocycles. The van der Waals surface area contributed by atoms with Crippen molar-refractivity contribution < 1.29 is 28.3 Å². The number of ether oxygens (including phenoxy) is 3. The van der Waals surface area contributed by atoms with Crippen molar-refractivity contribution in [3.8, 4) is 17.2 Å². The van der Waals surface area contributed by atoms with Crippen LogP contribution in [0.5, 0.6) is 5.95 Å². The number of benzene rings is 1. The topological polar surface area (TPSA) is 99.9 Å². The van der Waals surface area contributed by atoms with Crippen molar-refractivity contribution in [1.29, 1.82) is 0 Å². The van der Waals surface area contributed by atoms with Crippen molar-refractivity contribution in [1.82, 2.24) is 10.5 Å². The fraction of sp³-hybridized carbons (Fsp3) is 0.409. The van der Waals surface area contributed by atoms with Gasteiger partial charge in [-0.3, -0.25) is 4.79 Å². The molecule has 8 heteroatoms. The summed E-state index contributed by atoms with van der Waals surface area (Å²) in [6, 6.07) is 9.37. The van der Waals surface area contributed by atoms with Gasteiger partial charge in [-0.1, -0.05) is 54.8 Å². The zero-order chi connectivity index (χ0) is 21.1. The van der Waals surface area contributed by atoms with Crippen LogP contribution >= 0.6 is 0 Å². The fourth-order valence-electron chi connectivity index (χ4n) is 4.05. The molecule has 0 saturated heterocycles. The first kappa shape index (κ1) is 20.0. The van der Waals surface area contributed by atoms with Gasteiger partial charge >= 0.3 is 17.9 Å². The molecule has 8 nitrogen and oxygen atoms in total. The largest absolute Gasteiger partial charge is 0.468 e. The maximum atomic E-state index is 12.9. The third kappa shape index (κ3) is 3.65. The van der Waals surface area contributed by atoms with Crippen LogP contribution in [0.3, 0.4) is 0 Å². The zero-order valence-electron chi connectivity index (χ0n) is 17.0. The highest BCUT2D eigenvalue weighted by Gasteiger charge is 2.45. The number of carbonyl (C=O) groups excluding carboxylic acids is 2. The van der Waals surface area contributed by atoms with Crippen LogP contribution in [-0.4, -0.2) is 37.4 Å². The van der Waals surface area contributed by atoms with Crippen LogP contribution in [0, 0.1) is 0 Å². The van der Waals surface area contributed by atoms with Gasteiger partial charge in [-0.05, 0) is 12.8 Å². The molecule has 2 aromatic rings. The molecule has 1 atom stereocenters. The lowest BCUT2D eigenvalue weighted by Crippen LogP contribution is -2.38. The predicted molar refractivity (Wildman–Crippen MR) is 106 cm³/mol. The number of fused-ring (bicyclic) bond motifs is 1. The molecule has 4 rings (SSSR count). The molecule has 1 N–H and O–H groups in total. The monoisotopic (exact) mass is 412 g/mol. The Bertz CT molecular complexity index is 959. The van der Waals surface area contributed by atoms with Gasteiger partial charge in [0.05, 0.1) is 19.8 Å². The molecule has 1 fully saturated rings. The van der Waals surface area contributed by atoms with E-state index in [4.69, 9.17) is 18.7 Å². The van der Waals surface area contributed by atoms with Crippen LogP contribution in [0.15, 0.2) is 46.3 Å². The molecule has 1 aromatic heterocycles. The number of methoxy groups -OCH3 is 2. The normalized spacial score (nSPS) is 18.9. The van der Waals surface area contributed by atoms with Crippen LogP contribution in [0.2, 0.25) is 0 Å². The second-order valence-electron chi connectivity index (χ2n) is 7.37. The van der Waals surface area contributed by atoms with Crippen LogP contribution in [0.25, 0.3) is 11.3 Å². The summed E-state index contributed by atoms with van der Waals surface area (Å²) in [7, 11) is 2.54. The van der Waals surface area contributed by atoms with E-state index in [1.165, 1.54) is 20.6 Å². The molecule has 1 aliphatic carbocycles. The summed E-state index contributed by atoms with van der Waals surface area (Å²) in [6.07, 6.45) is 5.25. The maximum Gasteiger partial charge on any atom is 0.340 e. The Morgan fingerprint density at radius 3 is 2.47 bits per heavy atom. The highest BCUT2D eigenvalue weighted by Crippen LogP contribution is 2.45. The van der Waals surface area contributed by atoms with Crippen molar-refractivity contribution in [3.63, 3.8) is 0 Å². The SMILES string of the molecule is COC(=O)C1=C(NC2CCCCC2)Oc2onc(-c3ccccc3)c2C1C(=O)OC. The molecule has 0 spiro atoms. The summed E-state index contributed by atoms with van der Waals surface area (Å²) in [4.78, 5) is 25.6. The average Bonchev–Trinajstić information content (AvgIpc) is 3.22. The first-order valence-electron chi connectivity index (χ1n) is 10.0. The highest BCUT2D eigenvalue weighted by molar-refractivity contribution is 6.01. The predicted octanol–water partition coefficient (Wildman–Crippen LogP) is 3.30. The maximum absolute atomic E-state index is 12.9. The molecule has 0 radical (unpaired) electrons. The molecule has 30 heavy (non-hydrogen) atoms. The van der Waals surface area contributed by atoms with E-state index < -0.39 is 17.9 Å². The minimum Gasteiger partial charge on any atom is -0.468 e. The number of aromatic nitrogens is 1. The van der Waals surface area contributed by atoms with Gasteiger partial charge in [0.25, 0.3) is 0 Å². The molecule has 1 saturated carbocycles. The third-order valence-electron chi connectivity index (χ3n) is 5.54. The number of rotatable bonds is 5. The number of nitrogens with one attached hydrogen (secondary N) is 1. The fourth-order valence-corrected chi connectivity index (χ4v) is 4.05. The Labute approximate surface area is 174 Å². The van der Waals surface area contributed by atoms with Gasteiger partial charge < -0.3 is 24.1 Å². The summed E-state index contributed by atoms with van der Waals surface area (Å²) in [5.41, 5.74) is 1.55. The van der Waals surface area contributed by atoms with Crippen molar-refractivity contribution in [2.45, 2.75) is 44.1 Å². The molecule has 2 aliphatic rings. The zero-order valence-corrected chi connectivity index (χ0v) is 17.0. The summed E-state index contributed by atoms with van der Waals surface area (Å²) in [5.74, 6) is -2.15. The van der Waals surface area contributed by atoms with Crippen molar-refractivity contribution in [2.75, 3.05) is 14.2 Å². The smallest absolute Gasteiger partial charge is 0.340 e. The van der Waals surface area contributed by atoms with Crippen molar-refractivity contribution in [2.24, 2.45) is 0 Å². The van der Waals surface area contributed by atoms with Crippen LogP contribution in [0.4, 0.5) is 0 Å². The van der Waals surface area contributed by atoms with Gasteiger partial charge in [0.15, 0.2) is 0 Å². The average molecular weight is 412 g/mol. The van der Waals surface area contributed by atoms with Gasteiger partial charge in [-0.15, -0.1) is 0 Å². The van der Waals surface area contributed by atoms with Crippen LogP contribution in [0.1, 0.15) is 43.6 Å². The van der Waals surface area contributed by atoms with Gasteiger partial charge in [-0.25, -0.2) is 4.79 Å². The number of carbonyl (C=O) groups is 2. The van der Waals surface area contributed by atoms with E-state index in [0.717, 1.165) is 31.2 Å². The summed E-state index contributed by atoms with van der Waals surface area (Å²) in [5, 5.41) is 7.40. The second-order valence-corrected chi connectivity index (χ2v) is 7.37. The van der Waals surface area contributed by atoms with Gasteiger partial charge in [0.2, 0.25) is 5.88 Å². The Morgan fingerprint density at radius 1 is 1.07 bits per heavy atom. The number of hydrogen-bond acceptors (Lipinski definition) is 8. The van der Waals surface area contributed by atoms with Gasteiger partial charge in [0, 0.05) is 11.6 Å². The second kappa shape index (κ2) is 8.61.